The number of hydrogen-bond donors (Lipinski definition) is 2. The molecule has 0 spiro atoms. The lowest BCUT2D eigenvalue weighted by molar-refractivity contribution is 0.103. The van der Waals surface area contributed by atoms with Crippen LogP contribution in [0, 0.1) is 0 Å². The number of carbonyl (C=O) groups is 1. The van der Waals surface area contributed by atoms with E-state index in [0.29, 0.717) is 15.6 Å². The molecule has 0 saturated carbocycles. The molecule has 1 heterocycles. The maximum atomic E-state index is 12.3. The molecule has 0 aliphatic carbocycles. The first kappa shape index (κ1) is 18.0. The van der Waals surface area contributed by atoms with Gasteiger partial charge in [-0.3, -0.25) is 4.79 Å². The number of rotatable bonds is 5. The van der Waals surface area contributed by atoms with E-state index in [-0.39, 0.29) is 11.9 Å². The number of hydrogen-bond acceptors (Lipinski definition) is 3. The maximum Gasteiger partial charge on any atom is 0.266 e. The van der Waals surface area contributed by atoms with E-state index in [1.54, 1.807) is 6.07 Å². The Bertz CT molecular complexity index is 882. The van der Waals surface area contributed by atoms with Crippen molar-refractivity contribution >= 4 is 56.1 Å². The van der Waals surface area contributed by atoms with Gasteiger partial charge in [-0.2, -0.15) is 0 Å². The number of amides is 1. The molecule has 3 nitrogen and oxygen atoms in total. The van der Waals surface area contributed by atoms with Crippen molar-refractivity contribution in [3.8, 4) is 0 Å². The highest BCUT2D eigenvalue weighted by Crippen LogP contribution is 2.30. The summed E-state index contributed by atoms with van der Waals surface area (Å²) in [4.78, 5) is 12.9. The molecule has 1 atom stereocenters. The van der Waals surface area contributed by atoms with Gasteiger partial charge in [0, 0.05) is 16.2 Å². The first-order valence-electron chi connectivity index (χ1n) is 7.70. The van der Waals surface area contributed by atoms with Gasteiger partial charge in [0.25, 0.3) is 5.91 Å². The third-order valence-electron chi connectivity index (χ3n) is 3.72. The van der Waals surface area contributed by atoms with Crippen molar-refractivity contribution in [1.29, 1.82) is 0 Å². The van der Waals surface area contributed by atoms with Gasteiger partial charge in [-0.15, -0.1) is 11.3 Å². The van der Waals surface area contributed by atoms with Crippen molar-refractivity contribution in [1.82, 2.24) is 0 Å². The second kappa shape index (κ2) is 8.04. The van der Waals surface area contributed by atoms with Crippen LogP contribution in [0.4, 0.5) is 11.4 Å². The van der Waals surface area contributed by atoms with Gasteiger partial charge in [-0.05, 0) is 58.1 Å². The number of benzene rings is 2. The Hall–Kier alpha value is -1.82. The summed E-state index contributed by atoms with van der Waals surface area (Å²) in [6.45, 7) is 2.08. The van der Waals surface area contributed by atoms with Crippen molar-refractivity contribution in [2.24, 2.45) is 0 Å². The Morgan fingerprint density at radius 1 is 1.16 bits per heavy atom. The molecule has 0 aliphatic rings. The van der Waals surface area contributed by atoms with E-state index in [1.165, 1.54) is 16.9 Å². The molecule has 128 valence electrons. The average Bonchev–Trinajstić information content (AvgIpc) is 3.04. The molecule has 0 saturated heterocycles. The molecule has 1 aromatic heterocycles. The normalized spacial score (nSPS) is 11.8. The predicted octanol–water partition coefficient (Wildman–Crippen LogP) is 6.59. The van der Waals surface area contributed by atoms with Gasteiger partial charge in [0.2, 0.25) is 0 Å². The average molecular weight is 436 g/mol. The van der Waals surface area contributed by atoms with Crippen LogP contribution in [0.25, 0.3) is 0 Å². The molecular weight excluding hydrogens is 420 g/mol. The second-order valence-electron chi connectivity index (χ2n) is 5.52. The Balaban J connectivity index is 1.71. The molecule has 2 N–H and O–H groups in total. The third-order valence-corrected chi connectivity index (χ3v) is 5.87. The Kier molecular flexibility index (Phi) is 5.78. The van der Waals surface area contributed by atoms with Crippen molar-refractivity contribution in [3.63, 3.8) is 0 Å². The zero-order valence-corrected chi connectivity index (χ0v) is 16.6. The first-order chi connectivity index (χ1) is 12.0. The minimum absolute atomic E-state index is 0.126. The van der Waals surface area contributed by atoms with E-state index in [2.05, 4.69) is 45.6 Å². The molecule has 25 heavy (non-hydrogen) atoms. The van der Waals surface area contributed by atoms with E-state index >= 15 is 0 Å². The Morgan fingerprint density at radius 2 is 1.92 bits per heavy atom. The van der Waals surface area contributed by atoms with Gasteiger partial charge in [0.05, 0.1) is 10.7 Å². The van der Waals surface area contributed by atoms with Gasteiger partial charge in [0.15, 0.2) is 0 Å². The zero-order chi connectivity index (χ0) is 17.8. The lowest BCUT2D eigenvalue weighted by atomic mass is 10.1. The van der Waals surface area contributed by atoms with E-state index < -0.39 is 0 Å². The maximum absolute atomic E-state index is 12.3. The zero-order valence-electron chi connectivity index (χ0n) is 13.4. The van der Waals surface area contributed by atoms with Crippen LogP contribution in [0.5, 0.6) is 0 Å². The molecule has 6 heteroatoms. The number of carbonyl (C=O) groups excluding carboxylic acids is 1. The van der Waals surface area contributed by atoms with Crippen LogP contribution in [0.3, 0.4) is 0 Å². The summed E-state index contributed by atoms with van der Waals surface area (Å²) < 4.78 is 0.788. The minimum atomic E-state index is -0.156. The fourth-order valence-corrected chi connectivity index (χ4v) is 4.09. The number of nitrogens with one attached hydrogen (secondary N) is 2. The fourth-order valence-electron chi connectivity index (χ4n) is 2.41. The summed E-state index contributed by atoms with van der Waals surface area (Å²) in [5.74, 6) is -0.156. The standard InChI is InChI=1S/C19H16BrClN2OS/c1-12(13-5-3-2-4-6-13)22-17-8-7-14(11-16(17)21)23-19(24)18-15(20)9-10-25-18/h2-12,22H,1H3,(H,23,24). The quantitative estimate of drug-likeness (QED) is 0.474. The monoisotopic (exact) mass is 434 g/mol. The molecule has 1 amide bonds. The minimum Gasteiger partial charge on any atom is -0.377 e. The number of halogens is 2. The van der Waals surface area contributed by atoms with Gasteiger partial charge in [0.1, 0.15) is 4.88 Å². The third kappa shape index (κ3) is 4.42. The topological polar surface area (TPSA) is 41.1 Å². The number of thiophene rings is 1. The van der Waals surface area contributed by atoms with Gasteiger partial charge >= 0.3 is 0 Å². The highest BCUT2D eigenvalue weighted by Gasteiger charge is 2.13. The van der Waals surface area contributed by atoms with Crippen LogP contribution in [0.1, 0.15) is 28.2 Å². The fraction of sp³-hybridized carbons (Fsp3) is 0.105. The molecular formula is C19H16BrClN2OS. The predicted molar refractivity (Wildman–Crippen MR) is 110 cm³/mol. The van der Waals surface area contributed by atoms with E-state index in [4.69, 9.17) is 11.6 Å². The van der Waals surface area contributed by atoms with Crippen molar-refractivity contribution in [2.75, 3.05) is 10.6 Å². The molecule has 0 radical (unpaired) electrons. The summed E-state index contributed by atoms with van der Waals surface area (Å²) in [6.07, 6.45) is 0. The van der Waals surface area contributed by atoms with Gasteiger partial charge in [-0.25, -0.2) is 0 Å². The summed E-state index contributed by atoms with van der Waals surface area (Å²) in [6, 6.07) is 17.6. The van der Waals surface area contributed by atoms with E-state index in [0.717, 1.165) is 10.2 Å². The van der Waals surface area contributed by atoms with Crippen molar-refractivity contribution in [2.45, 2.75) is 13.0 Å². The van der Waals surface area contributed by atoms with Crippen LogP contribution in [0.2, 0.25) is 5.02 Å². The first-order valence-corrected chi connectivity index (χ1v) is 9.75. The van der Waals surface area contributed by atoms with Crippen LogP contribution in [-0.2, 0) is 0 Å². The van der Waals surface area contributed by atoms with Crippen molar-refractivity contribution in [3.05, 3.63) is 79.9 Å². The van der Waals surface area contributed by atoms with Crippen LogP contribution < -0.4 is 10.6 Å². The summed E-state index contributed by atoms with van der Waals surface area (Å²) in [7, 11) is 0. The molecule has 2 aromatic carbocycles. The largest absolute Gasteiger partial charge is 0.377 e. The van der Waals surface area contributed by atoms with Crippen LogP contribution >= 0.6 is 38.9 Å². The summed E-state index contributed by atoms with van der Waals surface area (Å²) >= 11 is 11.1. The SMILES string of the molecule is CC(Nc1ccc(NC(=O)c2sccc2Br)cc1Cl)c1ccccc1. The molecule has 0 aliphatic heterocycles. The molecule has 1 unspecified atom stereocenters. The number of anilines is 2. The summed E-state index contributed by atoms with van der Waals surface area (Å²) in [5.41, 5.74) is 2.67. The molecule has 3 aromatic rings. The smallest absolute Gasteiger partial charge is 0.266 e. The molecule has 0 fully saturated rings. The molecule has 0 bridgehead atoms. The van der Waals surface area contributed by atoms with E-state index in [1.807, 2.05) is 41.8 Å². The lowest BCUT2D eigenvalue weighted by Gasteiger charge is -2.17. The Labute approximate surface area is 164 Å². The highest BCUT2D eigenvalue weighted by atomic mass is 79.9. The summed E-state index contributed by atoms with van der Waals surface area (Å²) in [5, 5.41) is 8.69. The van der Waals surface area contributed by atoms with Gasteiger partial charge < -0.3 is 10.6 Å². The van der Waals surface area contributed by atoms with Crippen molar-refractivity contribution < 1.29 is 4.79 Å². The van der Waals surface area contributed by atoms with Crippen LogP contribution in [0.15, 0.2) is 64.5 Å². The lowest BCUT2D eigenvalue weighted by Crippen LogP contribution is -2.11. The van der Waals surface area contributed by atoms with E-state index in [9.17, 15) is 4.79 Å². The highest BCUT2D eigenvalue weighted by molar-refractivity contribution is 9.10. The Morgan fingerprint density at radius 3 is 2.56 bits per heavy atom. The van der Waals surface area contributed by atoms with Crippen LogP contribution in [-0.4, -0.2) is 5.91 Å². The molecule has 3 rings (SSSR count). The van der Waals surface area contributed by atoms with Gasteiger partial charge in [-0.1, -0.05) is 41.9 Å². The second-order valence-corrected chi connectivity index (χ2v) is 7.70.